The Balaban J connectivity index is 2.03. The number of cyclic esters (lactones) is 1. The van der Waals surface area contributed by atoms with E-state index in [2.05, 4.69) is 10.1 Å². The van der Waals surface area contributed by atoms with Gasteiger partial charge in [-0.15, -0.1) is 0 Å². The summed E-state index contributed by atoms with van der Waals surface area (Å²) in [6.45, 7) is 1.48. The molecule has 0 radical (unpaired) electrons. The van der Waals surface area contributed by atoms with Crippen molar-refractivity contribution in [3.05, 3.63) is 29.8 Å². The van der Waals surface area contributed by atoms with Gasteiger partial charge in [0.15, 0.2) is 6.10 Å². The fourth-order valence-corrected chi connectivity index (χ4v) is 2.17. The van der Waals surface area contributed by atoms with Crippen LogP contribution in [-0.4, -0.2) is 49.6 Å². The molecule has 2 rings (SSSR count). The van der Waals surface area contributed by atoms with Gasteiger partial charge in [-0.3, -0.25) is 15.1 Å². The maximum absolute atomic E-state index is 12.1. The van der Waals surface area contributed by atoms with E-state index < -0.39 is 30.1 Å². The molecule has 1 aliphatic rings. The molecule has 0 bridgehead atoms. The number of hydrogen-bond acceptors (Lipinski definition) is 6. The van der Waals surface area contributed by atoms with Crippen molar-refractivity contribution in [3.8, 4) is 0 Å². The van der Waals surface area contributed by atoms with E-state index in [0.29, 0.717) is 11.3 Å². The van der Waals surface area contributed by atoms with Gasteiger partial charge in [-0.1, -0.05) is 0 Å². The first-order valence-electron chi connectivity index (χ1n) is 7.14. The van der Waals surface area contributed by atoms with E-state index in [1.54, 1.807) is 24.3 Å². The monoisotopic (exact) mass is 334 g/mol. The number of methoxy groups -OCH3 is 1. The Kier molecular flexibility index (Phi) is 5.02. The molecule has 1 unspecified atom stereocenters. The second-order valence-corrected chi connectivity index (χ2v) is 5.20. The molecule has 1 aromatic rings. The zero-order chi connectivity index (χ0) is 17.9. The van der Waals surface area contributed by atoms with Crippen molar-refractivity contribution in [2.75, 3.05) is 18.6 Å². The molecule has 2 amide bonds. The fraction of sp³-hybridized carbons (Fsp3) is 0.333. The van der Waals surface area contributed by atoms with Crippen LogP contribution in [0.3, 0.4) is 0 Å². The standard InChI is InChI=1S/C15H18N4O5/c1-8(14(21)23-2)18-13(20)11-7-19(15(22)24-11)10-5-3-9(4-6-10)12(16)17/h3-6,8,11H,7H2,1-2H3,(H3,16,17)(H,18,20)/t8-,11?/m1/s1. The van der Waals surface area contributed by atoms with Crippen molar-refractivity contribution in [2.45, 2.75) is 19.1 Å². The summed E-state index contributed by atoms with van der Waals surface area (Å²) in [5.74, 6) is -1.26. The van der Waals surface area contributed by atoms with Crippen molar-refractivity contribution < 1.29 is 23.9 Å². The van der Waals surface area contributed by atoms with Crippen LogP contribution in [0.1, 0.15) is 12.5 Å². The van der Waals surface area contributed by atoms with Crippen LogP contribution in [0.15, 0.2) is 24.3 Å². The van der Waals surface area contributed by atoms with Crippen molar-refractivity contribution in [3.63, 3.8) is 0 Å². The summed E-state index contributed by atoms with van der Waals surface area (Å²) >= 11 is 0. The third-order valence-corrected chi connectivity index (χ3v) is 3.51. The van der Waals surface area contributed by atoms with E-state index in [4.69, 9.17) is 15.9 Å². The number of benzene rings is 1. The molecule has 24 heavy (non-hydrogen) atoms. The minimum Gasteiger partial charge on any atom is -0.467 e. The van der Waals surface area contributed by atoms with E-state index in [1.807, 2.05) is 0 Å². The van der Waals surface area contributed by atoms with E-state index >= 15 is 0 Å². The maximum Gasteiger partial charge on any atom is 0.415 e. The smallest absolute Gasteiger partial charge is 0.415 e. The Morgan fingerprint density at radius 3 is 2.58 bits per heavy atom. The highest BCUT2D eigenvalue weighted by atomic mass is 16.6. The number of hydrogen-bond donors (Lipinski definition) is 3. The largest absolute Gasteiger partial charge is 0.467 e. The van der Waals surface area contributed by atoms with Gasteiger partial charge in [-0.2, -0.15) is 0 Å². The number of amides is 2. The lowest BCUT2D eigenvalue weighted by molar-refractivity contribution is -0.145. The molecule has 4 N–H and O–H groups in total. The Morgan fingerprint density at radius 2 is 2.04 bits per heavy atom. The van der Waals surface area contributed by atoms with Crippen LogP contribution in [0.2, 0.25) is 0 Å². The highest BCUT2D eigenvalue weighted by Crippen LogP contribution is 2.22. The van der Waals surface area contributed by atoms with Crippen LogP contribution in [0.25, 0.3) is 0 Å². The number of rotatable bonds is 5. The summed E-state index contributed by atoms with van der Waals surface area (Å²) in [5, 5.41) is 9.77. The number of amidine groups is 1. The second kappa shape index (κ2) is 6.99. The van der Waals surface area contributed by atoms with Gasteiger partial charge in [0.1, 0.15) is 11.9 Å². The topological polar surface area (TPSA) is 135 Å². The fourth-order valence-electron chi connectivity index (χ4n) is 2.17. The third kappa shape index (κ3) is 3.62. The molecule has 1 fully saturated rings. The van der Waals surface area contributed by atoms with Crippen molar-refractivity contribution in [1.29, 1.82) is 5.41 Å². The summed E-state index contributed by atoms with van der Waals surface area (Å²) in [7, 11) is 1.22. The van der Waals surface area contributed by atoms with Gasteiger partial charge in [0, 0.05) is 11.3 Å². The third-order valence-electron chi connectivity index (χ3n) is 3.51. The number of carbonyl (C=O) groups excluding carboxylic acids is 3. The maximum atomic E-state index is 12.1. The van der Waals surface area contributed by atoms with E-state index in [-0.39, 0.29) is 12.4 Å². The number of ether oxygens (including phenoxy) is 2. The van der Waals surface area contributed by atoms with Crippen molar-refractivity contribution >= 4 is 29.5 Å². The normalized spacial score (nSPS) is 17.8. The lowest BCUT2D eigenvalue weighted by Gasteiger charge is -2.15. The second-order valence-electron chi connectivity index (χ2n) is 5.20. The van der Waals surface area contributed by atoms with Crippen molar-refractivity contribution in [2.24, 2.45) is 5.73 Å². The molecule has 2 atom stereocenters. The molecule has 0 saturated carbocycles. The Labute approximate surface area is 138 Å². The zero-order valence-corrected chi connectivity index (χ0v) is 13.2. The summed E-state index contributed by atoms with van der Waals surface area (Å²) in [6, 6.07) is 5.56. The van der Waals surface area contributed by atoms with Gasteiger partial charge in [0.05, 0.1) is 13.7 Å². The molecule has 1 heterocycles. The molecule has 1 aromatic carbocycles. The highest BCUT2D eigenvalue weighted by Gasteiger charge is 2.37. The molecule has 1 saturated heterocycles. The molecule has 0 aliphatic carbocycles. The Bertz CT molecular complexity index is 673. The van der Waals surface area contributed by atoms with Gasteiger partial charge in [0.2, 0.25) is 0 Å². The average Bonchev–Trinajstić information content (AvgIpc) is 2.96. The Morgan fingerprint density at radius 1 is 1.42 bits per heavy atom. The minimum atomic E-state index is -1.03. The van der Waals surface area contributed by atoms with Crippen LogP contribution in [0.4, 0.5) is 10.5 Å². The number of nitrogens with one attached hydrogen (secondary N) is 2. The first-order chi connectivity index (χ1) is 11.3. The number of carbonyl (C=O) groups is 3. The average molecular weight is 334 g/mol. The predicted octanol–water partition coefficient (Wildman–Crippen LogP) is -0.0264. The van der Waals surface area contributed by atoms with Gasteiger partial charge in [-0.25, -0.2) is 9.59 Å². The number of nitrogen functional groups attached to an aromatic ring is 1. The van der Waals surface area contributed by atoms with E-state index in [0.717, 1.165) is 0 Å². The van der Waals surface area contributed by atoms with Gasteiger partial charge >= 0.3 is 12.1 Å². The SMILES string of the molecule is COC(=O)[C@@H](C)NC(=O)C1CN(c2ccc(C(=N)N)cc2)C(=O)O1. The summed E-state index contributed by atoms with van der Waals surface area (Å²) in [4.78, 5) is 36.6. The number of esters is 1. The van der Waals surface area contributed by atoms with E-state index in [1.165, 1.54) is 18.9 Å². The summed E-state index contributed by atoms with van der Waals surface area (Å²) in [6.07, 6.45) is -1.70. The number of nitrogens with zero attached hydrogens (tertiary/aromatic N) is 1. The van der Waals surface area contributed by atoms with Crippen molar-refractivity contribution in [1.82, 2.24) is 5.32 Å². The molecule has 9 heteroatoms. The summed E-state index contributed by atoms with van der Waals surface area (Å²) in [5.41, 5.74) is 6.41. The van der Waals surface area contributed by atoms with Gasteiger partial charge in [-0.05, 0) is 31.2 Å². The van der Waals surface area contributed by atoms with Crippen LogP contribution in [0, 0.1) is 5.41 Å². The molecule has 128 valence electrons. The lowest BCUT2D eigenvalue weighted by atomic mass is 10.2. The first-order valence-corrected chi connectivity index (χ1v) is 7.14. The molecule has 0 spiro atoms. The predicted molar refractivity (Wildman–Crippen MR) is 84.7 cm³/mol. The molecule has 9 nitrogen and oxygen atoms in total. The molecule has 1 aliphatic heterocycles. The van der Waals surface area contributed by atoms with Crippen LogP contribution < -0.4 is 16.0 Å². The lowest BCUT2D eigenvalue weighted by Crippen LogP contribution is -2.45. The summed E-state index contributed by atoms with van der Waals surface area (Å²) < 4.78 is 9.56. The first kappa shape index (κ1) is 17.3. The number of nitrogens with two attached hydrogens (primary N) is 1. The molecular weight excluding hydrogens is 316 g/mol. The van der Waals surface area contributed by atoms with Crippen LogP contribution in [-0.2, 0) is 19.1 Å². The zero-order valence-electron chi connectivity index (χ0n) is 13.2. The van der Waals surface area contributed by atoms with Gasteiger partial charge in [0.25, 0.3) is 5.91 Å². The van der Waals surface area contributed by atoms with Crippen LogP contribution >= 0.6 is 0 Å². The van der Waals surface area contributed by atoms with E-state index in [9.17, 15) is 14.4 Å². The van der Waals surface area contributed by atoms with Gasteiger partial charge < -0.3 is 20.5 Å². The molecular formula is C15H18N4O5. The quantitative estimate of drug-likeness (QED) is 0.393. The molecule has 0 aromatic heterocycles. The Hall–Kier alpha value is -3.10. The number of anilines is 1. The van der Waals surface area contributed by atoms with Crippen LogP contribution in [0.5, 0.6) is 0 Å². The highest BCUT2D eigenvalue weighted by molar-refractivity contribution is 5.98. The minimum absolute atomic E-state index is 0.0119.